The fraction of sp³-hybridized carbons (Fsp3) is 0.351. The first-order valence-corrected chi connectivity index (χ1v) is 19.1. The molecule has 8 nitrogen and oxygen atoms in total. The van der Waals surface area contributed by atoms with Crippen LogP contribution in [0.5, 0.6) is 5.75 Å². The monoisotopic (exact) mass is 670 g/mol. The first kappa shape index (κ1) is 33.7. The van der Waals surface area contributed by atoms with E-state index in [-0.39, 0.29) is 22.0 Å². The van der Waals surface area contributed by atoms with E-state index < -0.39 is 38.4 Å². The highest BCUT2D eigenvalue weighted by Gasteiger charge is 2.51. The van der Waals surface area contributed by atoms with Gasteiger partial charge in [-0.1, -0.05) is 100 Å². The number of aromatic nitrogens is 4. The summed E-state index contributed by atoms with van der Waals surface area (Å²) < 4.78 is 51.6. The van der Waals surface area contributed by atoms with Crippen molar-refractivity contribution in [3.8, 4) is 5.75 Å². The number of benzene rings is 3. The van der Waals surface area contributed by atoms with Crippen molar-refractivity contribution in [1.29, 1.82) is 0 Å². The second kappa shape index (κ2) is 13.0. The Labute approximate surface area is 281 Å². The van der Waals surface area contributed by atoms with Crippen molar-refractivity contribution < 1.29 is 22.7 Å². The van der Waals surface area contributed by atoms with Gasteiger partial charge in [0, 0.05) is 0 Å². The maximum atomic E-state index is 16.4. The molecule has 11 heteroatoms. The second-order valence-electron chi connectivity index (χ2n) is 13.6. The van der Waals surface area contributed by atoms with Gasteiger partial charge in [0.15, 0.2) is 37.7 Å². The van der Waals surface area contributed by atoms with Crippen molar-refractivity contribution >= 4 is 25.3 Å². The molecule has 0 saturated carbocycles. The first-order chi connectivity index (χ1) is 22.9. The number of imidazole rings is 1. The van der Waals surface area contributed by atoms with E-state index in [1.807, 2.05) is 91.9 Å². The summed E-state index contributed by atoms with van der Waals surface area (Å²) in [5.41, 5.74) is 1.93. The molecule has 1 aliphatic heterocycles. The molecule has 0 bridgehead atoms. The number of ether oxygens (including phenoxy) is 2. The topological polar surface area (TPSA) is 83.3 Å². The van der Waals surface area contributed by atoms with Crippen LogP contribution >= 0.6 is 0 Å². The van der Waals surface area contributed by atoms with Crippen LogP contribution in [0.25, 0.3) is 11.2 Å². The molecule has 3 aromatic carbocycles. The van der Waals surface area contributed by atoms with Crippen LogP contribution in [0.15, 0.2) is 91.3 Å². The number of halogens is 2. The van der Waals surface area contributed by atoms with E-state index in [0.29, 0.717) is 18.3 Å². The lowest BCUT2D eigenvalue weighted by molar-refractivity contribution is 0.0242. The van der Waals surface area contributed by atoms with Crippen LogP contribution in [0.3, 0.4) is 0 Å². The van der Waals surface area contributed by atoms with Crippen molar-refractivity contribution in [1.82, 2.24) is 19.5 Å². The lowest BCUT2D eigenvalue weighted by atomic mass is 9.77. The number of fused-ring (bicyclic) bond motifs is 1. The summed E-state index contributed by atoms with van der Waals surface area (Å²) in [4.78, 5) is 13.0. The zero-order valence-corrected chi connectivity index (χ0v) is 29.4. The molecule has 251 valence electrons. The van der Waals surface area contributed by atoms with E-state index in [9.17, 15) is 0 Å². The molecule has 1 saturated heterocycles. The number of anilines is 1. The minimum absolute atomic E-state index is 0.103. The van der Waals surface area contributed by atoms with Crippen molar-refractivity contribution in [3.05, 3.63) is 120 Å². The molecule has 6 rings (SSSR count). The Balaban J connectivity index is 1.47. The van der Waals surface area contributed by atoms with Gasteiger partial charge >= 0.3 is 6.08 Å². The van der Waals surface area contributed by atoms with Crippen LogP contribution in [0.4, 0.5) is 14.6 Å². The van der Waals surface area contributed by atoms with Gasteiger partial charge in [0.2, 0.25) is 0 Å². The molecule has 1 N–H and O–H groups in total. The number of alkyl halides is 1. The minimum atomic E-state index is -2.35. The third-order valence-corrected chi connectivity index (χ3v) is 14.1. The third kappa shape index (κ3) is 5.99. The summed E-state index contributed by atoms with van der Waals surface area (Å²) in [5.74, 6) is 0.835. The maximum absolute atomic E-state index is 16.4. The van der Waals surface area contributed by atoms with Gasteiger partial charge in [-0.3, -0.25) is 4.57 Å². The summed E-state index contributed by atoms with van der Waals surface area (Å²) >= 11 is 0. The molecule has 0 spiro atoms. The zero-order chi connectivity index (χ0) is 34.3. The summed E-state index contributed by atoms with van der Waals surface area (Å²) in [6.45, 7) is 12.4. The molecule has 1 fully saturated rings. The number of methoxy groups -OCH3 is 1. The molecular weight excluding hydrogens is 629 g/mol. The van der Waals surface area contributed by atoms with Crippen LogP contribution in [0.2, 0.25) is 18.1 Å². The van der Waals surface area contributed by atoms with Gasteiger partial charge in [-0.15, -0.1) is 0 Å². The first-order valence-electron chi connectivity index (χ1n) is 16.2. The molecule has 0 aliphatic carbocycles. The van der Waals surface area contributed by atoms with E-state index in [1.54, 1.807) is 7.11 Å². The zero-order valence-electron chi connectivity index (χ0n) is 28.4. The molecule has 48 heavy (non-hydrogen) atoms. The Morgan fingerprint density at radius 2 is 1.48 bits per heavy atom. The van der Waals surface area contributed by atoms with Crippen molar-refractivity contribution in [2.45, 2.75) is 76.3 Å². The standard InChI is InChI=1S/C37H42F2N5O3Si/c1-8-28-31(47-48(6,7)36(2,3)4)29(38)34(46-28)44-23-40-30-32(41-35(39)42-33(30)44)43-37(24-15-11-9-12-16-24,25-17-13-10-14-18-25)26-19-21-27(45-5)22-20-26/h9-23,29,31,34H,8H2,1-7H3,(H,41,42,43)/t29-,31+,34+/m0/s1. The van der Waals surface area contributed by atoms with E-state index >= 15 is 8.78 Å². The Bertz CT molecular complexity index is 1810. The fourth-order valence-corrected chi connectivity index (χ4v) is 7.26. The number of hydrogen-bond acceptors (Lipinski definition) is 7. The van der Waals surface area contributed by atoms with Gasteiger partial charge in [0.1, 0.15) is 23.5 Å². The lowest BCUT2D eigenvalue weighted by Crippen LogP contribution is -2.47. The average Bonchev–Trinajstić information content (AvgIpc) is 3.63. The molecule has 0 amide bonds. The molecule has 1 radical (unpaired) electrons. The number of nitrogens with zero attached hydrogens (tertiary/aromatic N) is 4. The largest absolute Gasteiger partial charge is 0.497 e. The Kier molecular flexibility index (Phi) is 9.14. The molecule has 2 aromatic heterocycles. The molecule has 3 heterocycles. The molecule has 1 aliphatic rings. The Hall–Kier alpha value is -4.19. The lowest BCUT2D eigenvalue weighted by Gasteiger charge is -2.39. The number of nitrogens with one attached hydrogen (secondary N) is 1. The summed E-state index contributed by atoms with van der Waals surface area (Å²) in [7, 11) is -0.739. The molecule has 5 aromatic rings. The maximum Gasteiger partial charge on any atom is 0.312 e. The van der Waals surface area contributed by atoms with Gasteiger partial charge in [-0.2, -0.15) is 14.4 Å². The van der Waals surface area contributed by atoms with Crippen LogP contribution in [-0.2, 0) is 14.7 Å². The quantitative estimate of drug-likeness (QED) is 0.0906. The van der Waals surface area contributed by atoms with Gasteiger partial charge in [-0.25, -0.2) is 9.37 Å². The predicted octanol–water partition coefficient (Wildman–Crippen LogP) is 8.58. The molecule has 3 atom stereocenters. The Morgan fingerprint density at radius 3 is 2.02 bits per heavy atom. The Morgan fingerprint density at radius 1 is 0.896 bits per heavy atom. The SMILES string of the molecule is CC[C]1O[C@@H](n2cnc3c(NC(c4ccccc4)(c4ccccc4)c4ccc(OC)cc4)nc(F)nc32)[C@@H](F)[C@@H]1O[Si](C)(C)C(C)(C)C. The van der Waals surface area contributed by atoms with Crippen molar-refractivity contribution in [2.75, 3.05) is 12.4 Å². The highest BCUT2D eigenvalue weighted by Crippen LogP contribution is 2.46. The van der Waals surface area contributed by atoms with Gasteiger partial charge < -0.3 is 19.2 Å². The molecular formula is C37H42F2N5O3Si. The van der Waals surface area contributed by atoms with Crippen LogP contribution in [-0.4, -0.2) is 47.2 Å². The van der Waals surface area contributed by atoms with Gasteiger partial charge in [0.25, 0.3) is 0 Å². The number of rotatable bonds is 10. The van der Waals surface area contributed by atoms with E-state index in [0.717, 1.165) is 16.7 Å². The van der Waals surface area contributed by atoms with Crippen molar-refractivity contribution in [2.24, 2.45) is 0 Å². The number of hydrogen-bond donors (Lipinski definition) is 1. The van der Waals surface area contributed by atoms with Gasteiger partial charge in [0.05, 0.1) is 13.4 Å². The van der Waals surface area contributed by atoms with E-state index in [4.69, 9.17) is 13.9 Å². The van der Waals surface area contributed by atoms with Crippen LogP contribution in [0, 0.1) is 12.2 Å². The van der Waals surface area contributed by atoms with Crippen LogP contribution in [0.1, 0.15) is 57.0 Å². The van der Waals surface area contributed by atoms with E-state index in [2.05, 4.69) is 54.1 Å². The summed E-state index contributed by atoms with van der Waals surface area (Å²) in [5, 5.41) is 3.46. The highest BCUT2D eigenvalue weighted by molar-refractivity contribution is 6.74. The van der Waals surface area contributed by atoms with Gasteiger partial charge in [-0.05, 0) is 53.4 Å². The van der Waals surface area contributed by atoms with Crippen molar-refractivity contribution in [3.63, 3.8) is 0 Å². The predicted molar refractivity (Wildman–Crippen MR) is 185 cm³/mol. The summed E-state index contributed by atoms with van der Waals surface area (Å²) in [6.07, 6.45) is -2.14. The summed E-state index contributed by atoms with van der Waals surface area (Å²) in [6, 6.07) is 27.4. The van der Waals surface area contributed by atoms with Crippen LogP contribution < -0.4 is 10.1 Å². The highest BCUT2D eigenvalue weighted by atomic mass is 28.4. The average molecular weight is 671 g/mol. The smallest absolute Gasteiger partial charge is 0.312 e. The third-order valence-electron chi connectivity index (χ3n) is 9.64. The second-order valence-corrected chi connectivity index (χ2v) is 18.3. The van der Waals surface area contributed by atoms with E-state index in [1.165, 1.54) is 10.9 Å². The fourth-order valence-electron chi connectivity index (χ4n) is 6.01. The normalized spacial score (nSPS) is 19.1. The molecule has 0 unspecified atom stereocenters. The minimum Gasteiger partial charge on any atom is -0.497 e.